The summed E-state index contributed by atoms with van der Waals surface area (Å²) in [5.41, 5.74) is 0.460. The van der Waals surface area contributed by atoms with E-state index in [0.717, 1.165) is 12.5 Å². The number of hydrogen-bond donors (Lipinski definition) is 1. The Hall–Kier alpha value is -1.32. The fraction of sp³-hybridized carbons (Fsp3) is 0.200. The van der Waals surface area contributed by atoms with Gasteiger partial charge in [-0.15, -0.1) is 0 Å². The minimum Gasteiger partial charge on any atom is -0.711 e. The van der Waals surface area contributed by atoms with Crippen LogP contribution in [0.15, 0.2) is 12.5 Å². The Morgan fingerprint density at radius 3 is 2.89 bits per heavy atom. The molecule has 0 saturated heterocycles. The molecular formula is C5H6N2O2. The van der Waals surface area contributed by atoms with Crippen molar-refractivity contribution in [2.75, 3.05) is 0 Å². The van der Waals surface area contributed by atoms with Crippen LogP contribution in [-0.4, -0.2) is 10.1 Å². The average molecular weight is 126 g/mol. The van der Waals surface area contributed by atoms with Crippen LogP contribution in [0.1, 0.15) is 5.69 Å². The van der Waals surface area contributed by atoms with Crippen LogP contribution in [0.25, 0.3) is 0 Å². The van der Waals surface area contributed by atoms with Crippen molar-refractivity contribution in [3.8, 4) is 5.75 Å². The monoisotopic (exact) mass is 126 g/mol. The first-order valence-corrected chi connectivity index (χ1v) is 2.44. The Labute approximate surface area is 52.0 Å². The molecule has 0 unspecified atom stereocenters. The summed E-state index contributed by atoms with van der Waals surface area (Å²) < 4.78 is 0.447. The summed E-state index contributed by atoms with van der Waals surface area (Å²) in [6.07, 6.45) is 2.15. The molecule has 1 aromatic rings. The SMILES string of the molecule is Cc1nc[n+]([O-])cc1O. The Morgan fingerprint density at radius 1 is 1.78 bits per heavy atom. The number of aryl methyl sites for hydroxylation is 1. The number of rotatable bonds is 0. The molecular weight excluding hydrogens is 120 g/mol. The van der Waals surface area contributed by atoms with Crippen LogP contribution in [0.5, 0.6) is 5.75 Å². The molecule has 0 fully saturated rings. The summed E-state index contributed by atoms with van der Waals surface area (Å²) in [5.74, 6) is -0.0764. The third-order valence-corrected chi connectivity index (χ3v) is 0.985. The van der Waals surface area contributed by atoms with Crippen molar-refractivity contribution in [2.45, 2.75) is 6.92 Å². The normalized spacial score (nSPS) is 9.44. The van der Waals surface area contributed by atoms with E-state index in [2.05, 4.69) is 4.98 Å². The van der Waals surface area contributed by atoms with Crippen molar-refractivity contribution in [1.29, 1.82) is 0 Å². The first kappa shape index (κ1) is 5.81. The van der Waals surface area contributed by atoms with Crippen LogP contribution in [0.3, 0.4) is 0 Å². The molecule has 1 aromatic heterocycles. The molecule has 0 amide bonds. The Bertz CT molecular complexity index is 224. The number of hydrogen-bond acceptors (Lipinski definition) is 3. The van der Waals surface area contributed by atoms with E-state index in [4.69, 9.17) is 5.11 Å². The summed E-state index contributed by atoms with van der Waals surface area (Å²) in [6, 6.07) is 0. The molecule has 4 heteroatoms. The van der Waals surface area contributed by atoms with E-state index in [1.807, 2.05) is 0 Å². The minimum atomic E-state index is -0.0764. The highest BCUT2D eigenvalue weighted by Gasteiger charge is 2.00. The lowest BCUT2D eigenvalue weighted by Gasteiger charge is -1.97. The Balaban J connectivity index is 3.17. The van der Waals surface area contributed by atoms with Gasteiger partial charge in [-0.1, -0.05) is 0 Å². The molecule has 48 valence electrons. The van der Waals surface area contributed by atoms with Crippen molar-refractivity contribution in [2.24, 2.45) is 0 Å². The largest absolute Gasteiger partial charge is 0.711 e. The van der Waals surface area contributed by atoms with Gasteiger partial charge in [-0.25, -0.2) is 4.73 Å². The first-order valence-electron chi connectivity index (χ1n) is 2.44. The molecule has 0 bridgehead atoms. The third kappa shape index (κ3) is 1.07. The quantitative estimate of drug-likeness (QED) is 0.384. The van der Waals surface area contributed by atoms with Gasteiger partial charge in [0.2, 0.25) is 5.75 Å². The molecule has 1 N–H and O–H groups in total. The van der Waals surface area contributed by atoms with Crippen molar-refractivity contribution >= 4 is 0 Å². The fourth-order valence-corrected chi connectivity index (χ4v) is 0.457. The van der Waals surface area contributed by atoms with Gasteiger partial charge in [-0.05, 0) is 4.98 Å². The van der Waals surface area contributed by atoms with E-state index in [9.17, 15) is 5.21 Å². The second-order valence-electron chi connectivity index (χ2n) is 1.70. The summed E-state index contributed by atoms with van der Waals surface area (Å²) in [5, 5.41) is 19.2. The zero-order valence-corrected chi connectivity index (χ0v) is 4.90. The second kappa shape index (κ2) is 1.89. The third-order valence-electron chi connectivity index (χ3n) is 0.985. The summed E-state index contributed by atoms with van der Waals surface area (Å²) in [7, 11) is 0. The second-order valence-corrected chi connectivity index (χ2v) is 1.70. The lowest BCUT2D eigenvalue weighted by atomic mass is 10.4. The fourth-order valence-electron chi connectivity index (χ4n) is 0.457. The standard InChI is InChI=1S/C5H6N2O2/c1-4-5(8)2-7(9)3-6-4/h2-3,8H,1H3. The molecule has 0 aliphatic heterocycles. The van der Waals surface area contributed by atoms with Crippen LogP contribution in [0, 0.1) is 12.1 Å². The van der Waals surface area contributed by atoms with E-state index in [0.29, 0.717) is 10.4 Å². The molecule has 0 spiro atoms. The zero-order valence-electron chi connectivity index (χ0n) is 4.90. The van der Waals surface area contributed by atoms with Crippen LogP contribution < -0.4 is 4.73 Å². The van der Waals surface area contributed by atoms with E-state index in [1.165, 1.54) is 0 Å². The van der Waals surface area contributed by atoms with Gasteiger partial charge in [0.25, 0.3) is 6.33 Å². The van der Waals surface area contributed by atoms with E-state index < -0.39 is 0 Å². The average Bonchev–Trinajstić information content (AvgIpc) is 1.80. The van der Waals surface area contributed by atoms with Gasteiger partial charge in [-0.2, -0.15) is 0 Å². The molecule has 1 heterocycles. The molecule has 0 aliphatic rings. The maximum Gasteiger partial charge on any atom is 0.289 e. The van der Waals surface area contributed by atoms with Crippen molar-refractivity contribution in [1.82, 2.24) is 4.98 Å². The van der Waals surface area contributed by atoms with Crippen LogP contribution in [0.2, 0.25) is 0 Å². The van der Waals surface area contributed by atoms with Gasteiger partial charge in [-0.3, -0.25) is 0 Å². The Kier molecular flexibility index (Phi) is 1.22. The van der Waals surface area contributed by atoms with Crippen molar-refractivity contribution in [3.63, 3.8) is 0 Å². The van der Waals surface area contributed by atoms with E-state index >= 15 is 0 Å². The molecule has 0 saturated carbocycles. The highest BCUT2D eigenvalue weighted by atomic mass is 16.5. The molecule has 0 radical (unpaired) electrons. The molecule has 4 nitrogen and oxygen atoms in total. The summed E-state index contributed by atoms with van der Waals surface area (Å²) in [6.45, 7) is 1.62. The van der Waals surface area contributed by atoms with Gasteiger partial charge in [0.15, 0.2) is 5.69 Å². The van der Waals surface area contributed by atoms with E-state index in [-0.39, 0.29) is 5.75 Å². The topological polar surface area (TPSA) is 60.1 Å². The molecule has 0 aromatic carbocycles. The van der Waals surface area contributed by atoms with Gasteiger partial charge in [0.1, 0.15) is 6.20 Å². The number of nitrogens with zero attached hydrogens (tertiary/aromatic N) is 2. The lowest BCUT2D eigenvalue weighted by Crippen LogP contribution is -2.25. The van der Waals surface area contributed by atoms with Gasteiger partial charge < -0.3 is 10.3 Å². The molecule has 0 aliphatic carbocycles. The predicted octanol–water partition coefficient (Wildman–Crippen LogP) is -0.271. The molecule has 1 rings (SSSR count). The summed E-state index contributed by atoms with van der Waals surface area (Å²) in [4.78, 5) is 3.58. The van der Waals surface area contributed by atoms with Gasteiger partial charge in [0.05, 0.1) is 0 Å². The maximum absolute atomic E-state index is 10.3. The molecule has 0 atom stereocenters. The van der Waals surface area contributed by atoms with Gasteiger partial charge >= 0.3 is 0 Å². The smallest absolute Gasteiger partial charge is 0.289 e. The highest BCUT2D eigenvalue weighted by molar-refractivity contribution is 5.16. The maximum atomic E-state index is 10.3. The van der Waals surface area contributed by atoms with Gasteiger partial charge in [0, 0.05) is 6.92 Å². The van der Waals surface area contributed by atoms with Crippen molar-refractivity contribution in [3.05, 3.63) is 23.4 Å². The summed E-state index contributed by atoms with van der Waals surface area (Å²) >= 11 is 0. The van der Waals surface area contributed by atoms with Crippen LogP contribution in [-0.2, 0) is 0 Å². The number of aromatic nitrogens is 2. The Morgan fingerprint density at radius 2 is 2.44 bits per heavy atom. The highest BCUT2D eigenvalue weighted by Crippen LogP contribution is 2.06. The zero-order chi connectivity index (χ0) is 6.85. The predicted molar refractivity (Wildman–Crippen MR) is 29.6 cm³/mol. The minimum absolute atomic E-state index is 0.0764. The van der Waals surface area contributed by atoms with Crippen molar-refractivity contribution < 1.29 is 9.84 Å². The molecule has 9 heavy (non-hydrogen) atoms. The van der Waals surface area contributed by atoms with E-state index in [1.54, 1.807) is 6.92 Å². The van der Waals surface area contributed by atoms with Crippen LogP contribution in [0.4, 0.5) is 0 Å². The number of aromatic hydroxyl groups is 1. The van der Waals surface area contributed by atoms with Crippen LogP contribution >= 0.6 is 0 Å². The first-order chi connectivity index (χ1) is 4.20. The lowest BCUT2D eigenvalue weighted by molar-refractivity contribution is -0.609.